The first-order valence-corrected chi connectivity index (χ1v) is 14.3. The minimum Gasteiger partial charge on any atom is -0.368 e. The number of benzene rings is 3. The van der Waals surface area contributed by atoms with Gasteiger partial charge in [-0.1, -0.05) is 79.6 Å². The molecule has 0 N–H and O–H groups in total. The van der Waals surface area contributed by atoms with Crippen LogP contribution in [-0.2, 0) is 13.1 Å². The van der Waals surface area contributed by atoms with Crippen LogP contribution in [0.2, 0.25) is 0 Å². The molecule has 6 rings (SSSR count). The van der Waals surface area contributed by atoms with Gasteiger partial charge in [-0.2, -0.15) is 0 Å². The van der Waals surface area contributed by atoms with Crippen LogP contribution in [0.5, 0.6) is 0 Å². The highest BCUT2D eigenvalue weighted by Gasteiger charge is 2.34. The highest BCUT2D eigenvalue weighted by molar-refractivity contribution is 5.91. The molecule has 1 saturated carbocycles. The first-order chi connectivity index (χ1) is 19.1. The van der Waals surface area contributed by atoms with Crippen molar-refractivity contribution in [3.05, 3.63) is 114 Å². The second-order valence-electron chi connectivity index (χ2n) is 11.1. The summed E-state index contributed by atoms with van der Waals surface area (Å²) in [5, 5.41) is 3.85. The number of anilines is 1. The Balaban J connectivity index is 1.39. The summed E-state index contributed by atoms with van der Waals surface area (Å²) >= 11 is 0. The third-order valence-electron chi connectivity index (χ3n) is 8.44. The quantitative estimate of drug-likeness (QED) is 0.221. The zero-order valence-electron chi connectivity index (χ0n) is 23.3. The summed E-state index contributed by atoms with van der Waals surface area (Å²) in [5.74, 6) is 0. The lowest BCUT2D eigenvalue weighted by atomic mass is 9.87. The summed E-state index contributed by atoms with van der Waals surface area (Å²) in [5.41, 5.74) is 7.00. The summed E-state index contributed by atoms with van der Waals surface area (Å²) in [6, 6.07) is 33.6. The number of aromatic nitrogens is 2. The van der Waals surface area contributed by atoms with Gasteiger partial charge < -0.3 is 4.90 Å². The molecule has 0 bridgehead atoms. The summed E-state index contributed by atoms with van der Waals surface area (Å²) in [7, 11) is 2.28. The number of hydrogen-bond donors (Lipinski definition) is 0. The molecule has 4 heteroatoms. The lowest BCUT2D eigenvalue weighted by molar-refractivity contribution is 0.119. The van der Waals surface area contributed by atoms with E-state index in [0.29, 0.717) is 12.1 Å². The maximum absolute atomic E-state index is 4.98. The molecule has 39 heavy (non-hydrogen) atoms. The van der Waals surface area contributed by atoms with E-state index in [1.807, 2.05) is 0 Å². The molecular weight excluding hydrogens is 476 g/mol. The molecule has 2 atom stereocenters. The number of para-hydroxylation sites is 1. The predicted octanol–water partition coefficient (Wildman–Crippen LogP) is 7.85. The zero-order valence-corrected chi connectivity index (χ0v) is 23.3. The molecule has 0 saturated heterocycles. The first-order valence-electron chi connectivity index (χ1n) is 14.3. The Morgan fingerprint density at radius 3 is 2.26 bits per heavy atom. The van der Waals surface area contributed by atoms with Crippen LogP contribution in [0, 0.1) is 13.8 Å². The predicted molar refractivity (Wildman–Crippen MR) is 163 cm³/mol. The monoisotopic (exact) mass is 514 g/mol. The van der Waals surface area contributed by atoms with E-state index in [0.717, 1.165) is 35.7 Å². The van der Waals surface area contributed by atoms with Gasteiger partial charge in [0.05, 0.1) is 16.9 Å². The molecule has 1 aliphatic rings. The smallest absolute Gasteiger partial charge is 0.0938 e. The molecule has 3 aromatic carbocycles. The number of hydrogen-bond acceptors (Lipinski definition) is 4. The van der Waals surface area contributed by atoms with Crippen molar-refractivity contribution in [3.8, 4) is 0 Å². The highest BCUT2D eigenvalue weighted by atomic mass is 15.2. The zero-order chi connectivity index (χ0) is 26.8. The average Bonchev–Trinajstić information content (AvgIpc) is 2.96. The molecule has 198 valence electrons. The lowest BCUT2D eigenvalue weighted by Gasteiger charge is -2.45. The molecule has 4 nitrogen and oxygen atoms in total. The van der Waals surface area contributed by atoms with E-state index in [4.69, 9.17) is 9.97 Å². The van der Waals surface area contributed by atoms with Gasteiger partial charge in [0.25, 0.3) is 0 Å². The molecule has 1 fully saturated rings. The van der Waals surface area contributed by atoms with Gasteiger partial charge in [-0.25, -0.2) is 0 Å². The largest absolute Gasteiger partial charge is 0.368 e. The van der Waals surface area contributed by atoms with Gasteiger partial charge in [-0.15, -0.1) is 0 Å². The van der Waals surface area contributed by atoms with Crippen LogP contribution in [0.4, 0.5) is 5.69 Å². The summed E-state index contributed by atoms with van der Waals surface area (Å²) in [6.07, 6.45) is 4.88. The Labute approximate surface area is 232 Å². The maximum atomic E-state index is 4.98. The third kappa shape index (κ3) is 5.39. The molecule has 0 spiro atoms. The maximum Gasteiger partial charge on any atom is 0.0938 e. The van der Waals surface area contributed by atoms with Gasteiger partial charge in [0.15, 0.2) is 0 Å². The van der Waals surface area contributed by atoms with Gasteiger partial charge in [0.2, 0.25) is 0 Å². The number of pyridine rings is 2. The normalized spacial score (nSPS) is 17.6. The van der Waals surface area contributed by atoms with Crippen molar-refractivity contribution in [2.75, 3.05) is 11.9 Å². The highest BCUT2D eigenvalue weighted by Crippen LogP contribution is 2.34. The van der Waals surface area contributed by atoms with Crippen LogP contribution in [0.1, 0.15) is 48.3 Å². The Bertz CT molecular complexity index is 1590. The van der Waals surface area contributed by atoms with Gasteiger partial charge in [-0.05, 0) is 67.3 Å². The van der Waals surface area contributed by atoms with E-state index >= 15 is 0 Å². The van der Waals surface area contributed by atoms with Crippen LogP contribution in [0.25, 0.3) is 21.7 Å². The fourth-order valence-electron chi connectivity index (χ4n) is 6.50. The standard InChI is InChI=1S/C35H38N4/c1-25-11-8-16-30(36-25)24-39(23-29-15-9-13-27-12-4-5-17-31(27)29)33-19-7-6-18-32(33)38(3)34-20-10-14-28-22-21-26(2)37-35(28)34/h4-5,8-17,20-22,32-33H,6-7,18-19,23-24H2,1-3H3/t32-,33-/m0/s1. The number of likely N-dealkylation sites (N-methyl/N-ethyl adjacent to an activating group) is 1. The molecule has 2 aromatic heterocycles. The first kappa shape index (κ1) is 25.5. The van der Waals surface area contributed by atoms with Crippen LogP contribution in [-0.4, -0.2) is 34.0 Å². The van der Waals surface area contributed by atoms with Gasteiger partial charge in [-0.3, -0.25) is 14.9 Å². The molecule has 0 aliphatic heterocycles. The van der Waals surface area contributed by atoms with Crippen molar-refractivity contribution < 1.29 is 0 Å². The van der Waals surface area contributed by atoms with Crippen LogP contribution < -0.4 is 4.90 Å². The number of rotatable bonds is 7. The fourth-order valence-corrected chi connectivity index (χ4v) is 6.50. The molecule has 1 aliphatic carbocycles. The Hall–Kier alpha value is -3.76. The van der Waals surface area contributed by atoms with Crippen LogP contribution in [0.15, 0.2) is 91.0 Å². The molecule has 0 amide bonds. The SMILES string of the molecule is Cc1cccc(CN(Cc2cccc3ccccc23)[C@H]2CCCC[C@@H]2N(C)c2cccc3ccc(C)nc23)n1. The van der Waals surface area contributed by atoms with Crippen molar-refractivity contribution in [2.45, 2.75) is 64.7 Å². The van der Waals surface area contributed by atoms with Crippen molar-refractivity contribution in [2.24, 2.45) is 0 Å². The van der Waals surface area contributed by atoms with E-state index in [1.54, 1.807) is 0 Å². The summed E-state index contributed by atoms with van der Waals surface area (Å²) in [4.78, 5) is 15.1. The molecule has 2 heterocycles. The summed E-state index contributed by atoms with van der Waals surface area (Å²) in [6.45, 7) is 5.91. The number of nitrogens with zero attached hydrogens (tertiary/aromatic N) is 4. The van der Waals surface area contributed by atoms with E-state index in [2.05, 4.69) is 122 Å². The fraction of sp³-hybridized carbons (Fsp3) is 0.314. The van der Waals surface area contributed by atoms with Crippen LogP contribution in [0.3, 0.4) is 0 Å². The van der Waals surface area contributed by atoms with E-state index in [9.17, 15) is 0 Å². The number of aryl methyl sites for hydroxylation is 2. The van der Waals surface area contributed by atoms with Gasteiger partial charge in [0, 0.05) is 49.0 Å². The topological polar surface area (TPSA) is 32.3 Å². The van der Waals surface area contributed by atoms with Crippen molar-refractivity contribution >= 4 is 27.4 Å². The third-order valence-corrected chi connectivity index (χ3v) is 8.44. The van der Waals surface area contributed by atoms with E-state index in [-0.39, 0.29) is 0 Å². The lowest BCUT2D eigenvalue weighted by Crippen LogP contribution is -2.52. The minimum absolute atomic E-state index is 0.395. The van der Waals surface area contributed by atoms with E-state index < -0.39 is 0 Å². The average molecular weight is 515 g/mol. The van der Waals surface area contributed by atoms with Crippen molar-refractivity contribution in [1.82, 2.24) is 14.9 Å². The summed E-state index contributed by atoms with van der Waals surface area (Å²) < 4.78 is 0. The molecule has 5 aromatic rings. The minimum atomic E-state index is 0.395. The molecule has 0 unspecified atom stereocenters. The van der Waals surface area contributed by atoms with E-state index in [1.165, 1.54) is 53.1 Å². The van der Waals surface area contributed by atoms with Crippen LogP contribution >= 0.6 is 0 Å². The molecule has 0 radical (unpaired) electrons. The second-order valence-corrected chi connectivity index (χ2v) is 11.1. The van der Waals surface area contributed by atoms with Crippen molar-refractivity contribution in [3.63, 3.8) is 0 Å². The van der Waals surface area contributed by atoms with Gasteiger partial charge in [0.1, 0.15) is 0 Å². The Morgan fingerprint density at radius 1 is 0.667 bits per heavy atom. The van der Waals surface area contributed by atoms with Crippen molar-refractivity contribution in [1.29, 1.82) is 0 Å². The Kier molecular flexibility index (Phi) is 7.30. The van der Waals surface area contributed by atoms with Gasteiger partial charge >= 0.3 is 0 Å². The number of fused-ring (bicyclic) bond motifs is 2. The second kappa shape index (κ2) is 11.2. The Morgan fingerprint density at radius 2 is 1.38 bits per heavy atom. The molecular formula is C35H38N4.